The van der Waals surface area contributed by atoms with Gasteiger partial charge in [0.15, 0.2) is 0 Å². The number of nitrogens with one attached hydrogen (secondary N) is 1. The Labute approximate surface area is 278 Å². The molecule has 0 saturated carbocycles. The van der Waals surface area contributed by atoms with Crippen LogP contribution in [0.3, 0.4) is 0 Å². The van der Waals surface area contributed by atoms with E-state index in [9.17, 15) is 18.0 Å². The van der Waals surface area contributed by atoms with E-state index < -0.39 is 28.5 Å². The first kappa shape index (κ1) is 35.0. The SMILES string of the molecule is COc1ccc(OC)c(N(CC(=O)N(Cc2ccccc2)[C@@H](Cc2ccccc2)C(=O)NCC(C)C)S(=O)(=O)c2ccc(C)cc2)c1. The summed E-state index contributed by atoms with van der Waals surface area (Å²) in [6, 6.07) is 29.1. The van der Waals surface area contributed by atoms with Crippen molar-refractivity contribution >= 4 is 27.5 Å². The molecule has 0 unspecified atom stereocenters. The summed E-state index contributed by atoms with van der Waals surface area (Å²) in [5.41, 5.74) is 2.67. The Morgan fingerprint density at radius 2 is 1.43 bits per heavy atom. The molecule has 0 aliphatic carbocycles. The van der Waals surface area contributed by atoms with Crippen LogP contribution in [0.15, 0.2) is 108 Å². The first-order chi connectivity index (χ1) is 22.5. The maximum absolute atomic E-state index is 14.7. The Hall–Kier alpha value is -4.83. The molecule has 0 aromatic heterocycles. The monoisotopic (exact) mass is 657 g/mol. The number of ether oxygens (including phenoxy) is 2. The summed E-state index contributed by atoms with van der Waals surface area (Å²) in [6.45, 7) is 5.76. The molecule has 0 aliphatic heterocycles. The van der Waals surface area contributed by atoms with Gasteiger partial charge >= 0.3 is 0 Å². The van der Waals surface area contributed by atoms with Crippen LogP contribution in [0.5, 0.6) is 11.5 Å². The predicted octanol–water partition coefficient (Wildman–Crippen LogP) is 5.62. The van der Waals surface area contributed by atoms with E-state index in [0.29, 0.717) is 12.3 Å². The number of rotatable bonds is 15. The van der Waals surface area contributed by atoms with Gasteiger partial charge in [0.1, 0.15) is 24.1 Å². The molecule has 0 saturated heterocycles. The van der Waals surface area contributed by atoms with Crippen LogP contribution in [-0.2, 0) is 32.6 Å². The lowest BCUT2D eigenvalue weighted by molar-refractivity contribution is -0.140. The number of carbonyl (C=O) groups is 2. The molecule has 0 fully saturated rings. The predicted molar refractivity (Wildman–Crippen MR) is 184 cm³/mol. The van der Waals surface area contributed by atoms with Crippen LogP contribution in [0, 0.1) is 12.8 Å². The summed E-state index contributed by atoms with van der Waals surface area (Å²) in [7, 11) is -1.40. The second kappa shape index (κ2) is 16.1. The molecule has 0 bridgehead atoms. The van der Waals surface area contributed by atoms with Crippen molar-refractivity contribution in [3.8, 4) is 11.5 Å². The summed E-state index contributed by atoms with van der Waals surface area (Å²) < 4.78 is 40.8. The van der Waals surface area contributed by atoms with E-state index in [4.69, 9.17) is 9.47 Å². The normalized spacial score (nSPS) is 11.9. The van der Waals surface area contributed by atoms with Crippen molar-refractivity contribution in [2.45, 2.75) is 44.7 Å². The highest BCUT2D eigenvalue weighted by molar-refractivity contribution is 7.92. The minimum Gasteiger partial charge on any atom is -0.497 e. The van der Waals surface area contributed by atoms with Crippen LogP contribution in [-0.4, -0.2) is 58.5 Å². The number of anilines is 1. The molecular formula is C37H43N3O6S. The minimum atomic E-state index is -4.31. The number of amides is 2. The zero-order valence-electron chi connectivity index (χ0n) is 27.6. The van der Waals surface area contributed by atoms with E-state index in [2.05, 4.69) is 5.32 Å². The Morgan fingerprint density at radius 1 is 0.809 bits per heavy atom. The Kier molecular flexibility index (Phi) is 12.0. The molecule has 9 nitrogen and oxygen atoms in total. The smallest absolute Gasteiger partial charge is 0.264 e. The third-order valence-corrected chi connectivity index (χ3v) is 9.47. The molecular weight excluding hydrogens is 614 g/mol. The van der Waals surface area contributed by atoms with Crippen LogP contribution < -0.4 is 19.1 Å². The number of hydrogen-bond acceptors (Lipinski definition) is 6. The van der Waals surface area contributed by atoms with Gasteiger partial charge in [0.05, 0.1) is 24.8 Å². The maximum Gasteiger partial charge on any atom is 0.264 e. The average molecular weight is 658 g/mol. The number of methoxy groups -OCH3 is 2. The topological polar surface area (TPSA) is 105 Å². The summed E-state index contributed by atoms with van der Waals surface area (Å²) in [5.74, 6) is -0.0769. The molecule has 4 aromatic rings. The van der Waals surface area contributed by atoms with E-state index in [0.717, 1.165) is 21.0 Å². The fourth-order valence-electron chi connectivity index (χ4n) is 5.10. The molecule has 2 amide bonds. The van der Waals surface area contributed by atoms with E-state index >= 15 is 0 Å². The summed E-state index contributed by atoms with van der Waals surface area (Å²) in [6.07, 6.45) is 0.233. The van der Waals surface area contributed by atoms with Gasteiger partial charge < -0.3 is 19.7 Å². The molecule has 1 N–H and O–H groups in total. The zero-order chi connectivity index (χ0) is 34.0. The molecule has 47 heavy (non-hydrogen) atoms. The average Bonchev–Trinajstić information content (AvgIpc) is 3.08. The van der Waals surface area contributed by atoms with E-state index in [1.54, 1.807) is 24.3 Å². The molecule has 0 spiro atoms. The summed E-state index contributed by atoms with van der Waals surface area (Å²) in [4.78, 5) is 30.0. The van der Waals surface area contributed by atoms with Gasteiger partial charge in [-0.1, -0.05) is 92.2 Å². The minimum absolute atomic E-state index is 0.00546. The summed E-state index contributed by atoms with van der Waals surface area (Å²) in [5, 5.41) is 3.00. The molecule has 4 aromatic carbocycles. The van der Waals surface area contributed by atoms with Gasteiger partial charge in [0.25, 0.3) is 10.0 Å². The van der Waals surface area contributed by atoms with Gasteiger partial charge in [-0.15, -0.1) is 0 Å². The van der Waals surface area contributed by atoms with Crippen LogP contribution in [0.25, 0.3) is 0 Å². The highest BCUT2D eigenvalue weighted by atomic mass is 32.2. The number of carbonyl (C=O) groups excluding carboxylic acids is 2. The van der Waals surface area contributed by atoms with E-state index in [1.807, 2.05) is 81.4 Å². The van der Waals surface area contributed by atoms with E-state index in [1.165, 1.54) is 37.3 Å². The van der Waals surface area contributed by atoms with Crippen molar-refractivity contribution in [3.05, 3.63) is 120 Å². The number of sulfonamides is 1. The fraction of sp³-hybridized carbons (Fsp3) is 0.297. The van der Waals surface area contributed by atoms with Gasteiger partial charge in [0.2, 0.25) is 11.8 Å². The number of benzene rings is 4. The lowest BCUT2D eigenvalue weighted by atomic mass is 10.0. The first-order valence-corrected chi connectivity index (χ1v) is 16.9. The Morgan fingerprint density at radius 3 is 2.00 bits per heavy atom. The second-order valence-electron chi connectivity index (χ2n) is 11.7. The quantitative estimate of drug-likeness (QED) is 0.178. The molecule has 0 aliphatic rings. The summed E-state index contributed by atoms with van der Waals surface area (Å²) >= 11 is 0. The maximum atomic E-state index is 14.7. The molecule has 10 heteroatoms. The zero-order valence-corrected chi connectivity index (χ0v) is 28.4. The van der Waals surface area contributed by atoms with Crippen LogP contribution in [0.4, 0.5) is 5.69 Å². The molecule has 1 atom stereocenters. The van der Waals surface area contributed by atoms with Crippen LogP contribution in [0.1, 0.15) is 30.5 Å². The molecule has 0 radical (unpaired) electrons. The number of nitrogens with zero attached hydrogens (tertiary/aromatic N) is 2. The van der Waals surface area contributed by atoms with Crippen molar-refractivity contribution in [1.29, 1.82) is 0 Å². The van der Waals surface area contributed by atoms with Gasteiger partial charge in [-0.25, -0.2) is 8.42 Å². The largest absolute Gasteiger partial charge is 0.497 e. The molecule has 4 rings (SSSR count). The molecule has 248 valence electrons. The van der Waals surface area contributed by atoms with Gasteiger partial charge in [-0.05, 0) is 48.2 Å². The van der Waals surface area contributed by atoms with Crippen LogP contribution >= 0.6 is 0 Å². The third kappa shape index (κ3) is 9.13. The first-order valence-electron chi connectivity index (χ1n) is 15.5. The van der Waals surface area contributed by atoms with Crippen molar-refractivity contribution in [2.75, 3.05) is 31.6 Å². The molecule has 0 heterocycles. The third-order valence-electron chi connectivity index (χ3n) is 7.69. The van der Waals surface area contributed by atoms with Gasteiger partial charge in [0, 0.05) is 25.6 Å². The van der Waals surface area contributed by atoms with Crippen molar-refractivity contribution in [1.82, 2.24) is 10.2 Å². The van der Waals surface area contributed by atoms with E-state index in [-0.39, 0.29) is 41.1 Å². The number of aryl methyl sites for hydroxylation is 1. The van der Waals surface area contributed by atoms with Crippen LogP contribution in [0.2, 0.25) is 0 Å². The Balaban J connectivity index is 1.85. The lowest BCUT2D eigenvalue weighted by Gasteiger charge is -2.34. The van der Waals surface area contributed by atoms with Crippen molar-refractivity contribution in [2.24, 2.45) is 5.92 Å². The Bertz CT molecular complexity index is 1730. The highest BCUT2D eigenvalue weighted by Gasteiger charge is 2.35. The number of hydrogen-bond donors (Lipinski definition) is 1. The van der Waals surface area contributed by atoms with Gasteiger partial charge in [-0.3, -0.25) is 13.9 Å². The van der Waals surface area contributed by atoms with Gasteiger partial charge in [-0.2, -0.15) is 0 Å². The second-order valence-corrected chi connectivity index (χ2v) is 13.6. The fourth-order valence-corrected chi connectivity index (χ4v) is 6.52. The highest BCUT2D eigenvalue weighted by Crippen LogP contribution is 2.36. The van der Waals surface area contributed by atoms with Crippen molar-refractivity contribution in [3.63, 3.8) is 0 Å². The standard InChI is InChI=1S/C37H43N3O6S/c1-27(2)24-38-37(42)34(22-29-12-8-6-9-13-29)39(25-30-14-10-7-11-15-30)36(41)26-40(33-23-31(45-4)18-21-35(33)46-5)47(43,44)32-19-16-28(3)17-20-32/h6-21,23,27,34H,22,24-26H2,1-5H3,(H,38,42)/t34-/m0/s1. The van der Waals surface area contributed by atoms with Crippen molar-refractivity contribution < 1.29 is 27.5 Å². The lowest BCUT2D eigenvalue weighted by Crippen LogP contribution is -2.53.